The molecule has 1 aliphatic rings. The van der Waals surface area contributed by atoms with Crippen LogP contribution in [0.15, 0.2) is 18.3 Å². The van der Waals surface area contributed by atoms with Gasteiger partial charge >= 0.3 is 0 Å². The summed E-state index contributed by atoms with van der Waals surface area (Å²) in [7, 11) is 0. The van der Waals surface area contributed by atoms with Crippen molar-refractivity contribution in [2.45, 2.75) is 45.6 Å². The summed E-state index contributed by atoms with van der Waals surface area (Å²) < 4.78 is 26.0. The van der Waals surface area contributed by atoms with Crippen LogP contribution in [-0.4, -0.2) is 16.9 Å². The van der Waals surface area contributed by atoms with Crippen LogP contribution in [0.3, 0.4) is 0 Å². The lowest BCUT2D eigenvalue weighted by molar-refractivity contribution is 0.0127. The van der Waals surface area contributed by atoms with Crippen LogP contribution >= 0.6 is 0 Å². The average Bonchev–Trinajstić information content (AvgIpc) is 2.33. The Bertz CT molecular complexity index is 477. The van der Waals surface area contributed by atoms with E-state index in [2.05, 4.69) is 24.1 Å². The molecule has 1 fully saturated rings. The van der Waals surface area contributed by atoms with Gasteiger partial charge in [-0.25, -0.2) is 0 Å². The first-order valence-corrected chi connectivity index (χ1v) is 6.35. The zero-order chi connectivity index (χ0) is 14.3. The Morgan fingerprint density at radius 3 is 2.53 bits per heavy atom. The van der Waals surface area contributed by atoms with E-state index in [0.717, 1.165) is 19.8 Å². The predicted octanol–water partition coefficient (Wildman–Crippen LogP) is 3.11. The number of carbonyl (C=O) groups excluding carboxylic acids is 1. The van der Waals surface area contributed by atoms with Crippen molar-refractivity contribution in [1.29, 1.82) is 0 Å². The Morgan fingerprint density at radius 2 is 2.16 bits per heavy atom. The summed E-state index contributed by atoms with van der Waals surface area (Å²) in [5.74, 6) is -3.23. The number of pyridine rings is 1. The summed E-state index contributed by atoms with van der Waals surface area (Å²) in [6.45, 7) is 4.98. The highest BCUT2D eigenvalue weighted by atomic mass is 19.3. The van der Waals surface area contributed by atoms with Crippen molar-refractivity contribution in [2.75, 3.05) is 0 Å². The number of alkyl halides is 2. The number of amides is 1. The first-order chi connectivity index (χ1) is 8.70. The summed E-state index contributed by atoms with van der Waals surface area (Å²) in [6.07, 6.45) is 3.24. The average molecular weight is 268 g/mol. The van der Waals surface area contributed by atoms with Gasteiger partial charge in [0.05, 0.1) is 5.56 Å². The molecule has 1 aromatic heterocycles. The van der Waals surface area contributed by atoms with E-state index in [1.807, 2.05) is 0 Å². The van der Waals surface area contributed by atoms with E-state index in [1.165, 1.54) is 18.3 Å². The van der Waals surface area contributed by atoms with Gasteiger partial charge in [0.1, 0.15) is 5.69 Å². The number of rotatable bonds is 3. The van der Waals surface area contributed by atoms with Crippen molar-refractivity contribution < 1.29 is 13.6 Å². The van der Waals surface area contributed by atoms with Gasteiger partial charge in [-0.3, -0.25) is 9.78 Å². The summed E-state index contributed by atoms with van der Waals surface area (Å²) in [4.78, 5) is 15.6. The molecule has 1 aliphatic carbocycles. The van der Waals surface area contributed by atoms with Gasteiger partial charge in [0.15, 0.2) is 0 Å². The molecule has 3 nitrogen and oxygen atoms in total. The highest BCUT2D eigenvalue weighted by molar-refractivity contribution is 5.94. The quantitative estimate of drug-likeness (QED) is 0.915. The summed E-state index contributed by atoms with van der Waals surface area (Å²) in [5, 5.41) is 2.91. The molecule has 19 heavy (non-hydrogen) atoms. The van der Waals surface area contributed by atoms with E-state index in [0.29, 0.717) is 5.56 Å². The van der Waals surface area contributed by atoms with E-state index in [4.69, 9.17) is 0 Å². The Labute approximate surface area is 111 Å². The maximum atomic E-state index is 13.0. The molecule has 0 saturated heterocycles. The maximum Gasteiger partial charge on any atom is 0.286 e. The van der Waals surface area contributed by atoms with E-state index in [-0.39, 0.29) is 23.1 Å². The zero-order valence-corrected chi connectivity index (χ0v) is 11.3. The van der Waals surface area contributed by atoms with Crippen molar-refractivity contribution in [3.05, 3.63) is 29.6 Å². The fraction of sp³-hybridized carbons (Fsp3) is 0.571. The lowest BCUT2D eigenvalue weighted by atomic mass is 9.67. The molecule has 1 atom stereocenters. The van der Waals surface area contributed by atoms with Crippen LogP contribution in [0.4, 0.5) is 8.78 Å². The number of nitrogens with one attached hydrogen (secondary N) is 1. The number of halogens is 2. The Kier molecular flexibility index (Phi) is 3.32. The molecule has 0 bridgehead atoms. The van der Waals surface area contributed by atoms with Crippen LogP contribution in [0.5, 0.6) is 0 Å². The van der Waals surface area contributed by atoms with Gasteiger partial charge in [0, 0.05) is 19.2 Å². The standard InChI is InChI=1S/C14H18F2N2O/c1-13(2)7-6-10(13)18-12(19)9-4-5-11(17-8-9)14(3,15)16/h4-5,8,10H,6-7H2,1-3H3,(H,18,19). The SMILES string of the molecule is CC(F)(F)c1ccc(C(=O)NC2CCC2(C)C)cn1. The van der Waals surface area contributed by atoms with E-state index in [9.17, 15) is 13.6 Å². The molecule has 0 aromatic carbocycles. The third-order valence-electron chi connectivity index (χ3n) is 3.80. The Hall–Kier alpha value is -1.52. The minimum absolute atomic E-state index is 0.111. The van der Waals surface area contributed by atoms with Gasteiger partial charge in [-0.2, -0.15) is 8.78 Å². The smallest absolute Gasteiger partial charge is 0.286 e. The molecule has 0 spiro atoms. The molecule has 1 heterocycles. The van der Waals surface area contributed by atoms with Crippen molar-refractivity contribution >= 4 is 5.91 Å². The molecule has 0 aliphatic heterocycles. The number of carbonyl (C=O) groups is 1. The van der Waals surface area contributed by atoms with Gasteiger partial charge in [-0.05, 0) is 30.4 Å². The van der Waals surface area contributed by atoms with Gasteiger partial charge in [0.2, 0.25) is 0 Å². The largest absolute Gasteiger partial charge is 0.349 e. The molecule has 5 heteroatoms. The highest BCUT2D eigenvalue weighted by Crippen LogP contribution is 2.40. The zero-order valence-electron chi connectivity index (χ0n) is 11.3. The van der Waals surface area contributed by atoms with E-state index >= 15 is 0 Å². The second-order valence-electron chi connectivity index (χ2n) is 5.87. The third kappa shape index (κ3) is 2.91. The number of hydrogen-bond acceptors (Lipinski definition) is 2. The van der Waals surface area contributed by atoms with Crippen LogP contribution in [0.25, 0.3) is 0 Å². The number of aromatic nitrogens is 1. The van der Waals surface area contributed by atoms with Crippen LogP contribution in [0.1, 0.15) is 49.7 Å². The molecular formula is C14H18F2N2O. The van der Waals surface area contributed by atoms with Crippen LogP contribution < -0.4 is 5.32 Å². The molecule has 104 valence electrons. The van der Waals surface area contributed by atoms with Gasteiger partial charge in [-0.1, -0.05) is 13.8 Å². The topological polar surface area (TPSA) is 42.0 Å². The molecule has 2 rings (SSSR count). The van der Waals surface area contributed by atoms with Gasteiger partial charge < -0.3 is 5.32 Å². The molecule has 1 aromatic rings. The van der Waals surface area contributed by atoms with Crippen LogP contribution in [-0.2, 0) is 5.92 Å². The third-order valence-corrected chi connectivity index (χ3v) is 3.80. The van der Waals surface area contributed by atoms with Crippen molar-refractivity contribution in [3.8, 4) is 0 Å². The lowest BCUT2D eigenvalue weighted by Crippen LogP contribution is -2.52. The first kappa shape index (κ1) is 13.9. The fourth-order valence-corrected chi connectivity index (χ4v) is 2.16. The van der Waals surface area contributed by atoms with Crippen LogP contribution in [0, 0.1) is 5.41 Å². The molecular weight excluding hydrogens is 250 g/mol. The normalized spacial score (nSPS) is 21.6. The van der Waals surface area contributed by atoms with E-state index < -0.39 is 5.92 Å². The molecule has 1 N–H and O–H groups in total. The highest BCUT2D eigenvalue weighted by Gasteiger charge is 2.39. The predicted molar refractivity (Wildman–Crippen MR) is 68.1 cm³/mol. The fourth-order valence-electron chi connectivity index (χ4n) is 2.16. The van der Waals surface area contributed by atoms with Crippen molar-refractivity contribution in [1.82, 2.24) is 10.3 Å². The van der Waals surface area contributed by atoms with Crippen molar-refractivity contribution in [2.24, 2.45) is 5.41 Å². The maximum absolute atomic E-state index is 13.0. The monoisotopic (exact) mass is 268 g/mol. The van der Waals surface area contributed by atoms with Crippen molar-refractivity contribution in [3.63, 3.8) is 0 Å². The lowest BCUT2D eigenvalue weighted by Gasteiger charge is -2.44. The van der Waals surface area contributed by atoms with Gasteiger partial charge in [-0.15, -0.1) is 0 Å². The molecule has 1 amide bonds. The van der Waals surface area contributed by atoms with Gasteiger partial charge in [0.25, 0.3) is 11.8 Å². The van der Waals surface area contributed by atoms with Crippen LogP contribution in [0.2, 0.25) is 0 Å². The minimum Gasteiger partial charge on any atom is -0.349 e. The minimum atomic E-state index is -2.98. The Morgan fingerprint density at radius 1 is 1.47 bits per heavy atom. The summed E-state index contributed by atoms with van der Waals surface area (Å²) >= 11 is 0. The summed E-state index contributed by atoms with van der Waals surface area (Å²) in [6, 6.07) is 2.73. The molecule has 1 saturated carbocycles. The second-order valence-corrected chi connectivity index (χ2v) is 5.87. The molecule has 1 unspecified atom stereocenters. The molecule has 0 radical (unpaired) electrons. The first-order valence-electron chi connectivity index (χ1n) is 6.35. The second kappa shape index (κ2) is 4.54. The summed E-state index contributed by atoms with van der Waals surface area (Å²) in [5.41, 5.74) is 0.100. The number of nitrogens with zero attached hydrogens (tertiary/aromatic N) is 1. The Balaban J connectivity index is 2.04. The number of hydrogen-bond donors (Lipinski definition) is 1. The van der Waals surface area contributed by atoms with E-state index in [1.54, 1.807) is 0 Å².